The molecule has 88 valence electrons. The topological polar surface area (TPSA) is 38.3 Å². The number of carbonyl (C=O) groups excluding carboxylic acids is 1. The van der Waals surface area contributed by atoms with Gasteiger partial charge in [-0.1, -0.05) is 18.5 Å². The molecule has 0 radical (unpaired) electrons. The molecular weight excluding hydrogens is 293 g/mol. The van der Waals surface area contributed by atoms with Gasteiger partial charge in [-0.15, -0.1) is 0 Å². The fourth-order valence-electron chi connectivity index (χ4n) is 1.16. The molecule has 0 aliphatic rings. The summed E-state index contributed by atoms with van der Waals surface area (Å²) in [6.45, 7) is 2.34. The number of methoxy groups -OCH3 is 1. The first-order valence-electron chi connectivity index (χ1n) is 4.81. The van der Waals surface area contributed by atoms with Gasteiger partial charge in [-0.3, -0.25) is 4.79 Å². The molecule has 0 saturated carbocycles. The Labute approximate surface area is 108 Å². The van der Waals surface area contributed by atoms with Crippen LogP contribution in [0.5, 0.6) is 0 Å². The van der Waals surface area contributed by atoms with E-state index in [-0.39, 0.29) is 11.9 Å². The highest BCUT2D eigenvalue weighted by atomic mass is 79.9. The summed E-state index contributed by atoms with van der Waals surface area (Å²) in [5.74, 6) is -0.403. The summed E-state index contributed by atoms with van der Waals surface area (Å²) in [4.78, 5) is 11.2. The molecule has 0 bridgehead atoms. The van der Waals surface area contributed by atoms with E-state index < -0.39 is 0 Å². The monoisotopic (exact) mass is 305 g/mol. The van der Waals surface area contributed by atoms with Crippen LogP contribution in [0.2, 0.25) is 5.02 Å². The highest BCUT2D eigenvalue weighted by molar-refractivity contribution is 9.10. The highest BCUT2D eigenvalue weighted by Gasteiger charge is 2.12. The lowest BCUT2D eigenvalue weighted by Crippen LogP contribution is -2.21. The van der Waals surface area contributed by atoms with Crippen LogP contribution in [-0.2, 0) is 9.53 Å². The molecule has 0 aliphatic carbocycles. The number of carbonyl (C=O) groups is 1. The number of benzene rings is 1. The van der Waals surface area contributed by atoms with E-state index >= 15 is 0 Å². The van der Waals surface area contributed by atoms with Gasteiger partial charge in [0.1, 0.15) is 0 Å². The lowest BCUT2D eigenvalue weighted by atomic mass is 10.2. The van der Waals surface area contributed by atoms with Crippen LogP contribution in [0.4, 0.5) is 5.69 Å². The van der Waals surface area contributed by atoms with Crippen LogP contribution >= 0.6 is 27.5 Å². The molecule has 0 fully saturated rings. The smallest absolute Gasteiger partial charge is 0.310 e. The first kappa shape index (κ1) is 13.3. The standard InChI is InChI=1S/C11H13BrClNO2/c1-7(11(15)16-2)6-14-8-3-4-10(13)9(12)5-8/h3-5,7,14H,6H2,1-2H3. The van der Waals surface area contributed by atoms with Crippen molar-refractivity contribution in [2.24, 2.45) is 5.92 Å². The predicted octanol–water partition coefficient (Wildman–Crippen LogP) is 3.32. The van der Waals surface area contributed by atoms with Crippen molar-refractivity contribution in [3.8, 4) is 0 Å². The predicted molar refractivity (Wildman–Crippen MR) is 68.8 cm³/mol. The summed E-state index contributed by atoms with van der Waals surface area (Å²) in [6, 6.07) is 5.51. The zero-order valence-corrected chi connectivity index (χ0v) is 11.4. The third kappa shape index (κ3) is 3.68. The fraction of sp³-hybridized carbons (Fsp3) is 0.364. The van der Waals surface area contributed by atoms with Crippen LogP contribution in [0.15, 0.2) is 22.7 Å². The first-order valence-corrected chi connectivity index (χ1v) is 5.98. The maximum absolute atomic E-state index is 11.2. The van der Waals surface area contributed by atoms with Gasteiger partial charge in [0.05, 0.1) is 18.1 Å². The molecule has 0 saturated heterocycles. The summed E-state index contributed by atoms with van der Waals surface area (Å²) in [5.41, 5.74) is 0.909. The molecule has 1 N–H and O–H groups in total. The zero-order valence-electron chi connectivity index (χ0n) is 9.09. The van der Waals surface area contributed by atoms with Crippen LogP contribution in [0.1, 0.15) is 6.92 Å². The molecule has 5 heteroatoms. The second-order valence-electron chi connectivity index (χ2n) is 3.43. The van der Waals surface area contributed by atoms with Gasteiger partial charge in [0.25, 0.3) is 0 Å². The molecule has 0 spiro atoms. The lowest BCUT2D eigenvalue weighted by Gasteiger charge is -2.11. The Balaban J connectivity index is 2.55. The normalized spacial score (nSPS) is 12.0. The summed E-state index contributed by atoms with van der Waals surface area (Å²) in [5, 5.41) is 3.80. The number of anilines is 1. The van der Waals surface area contributed by atoms with E-state index in [1.165, 1.54) is 7.11 Å². The average Bonchev–Trinajstić information content (AvgIpc) is 2.29. The molecular formula is C11H13BrClNO2. The van der Waals surface area contributed by atoms with Crippen LogP contribution < -0.4 is 5.32 Å². The molecule has 0 heterocycles. The third-order valence-electron chi connectivity index (χ3n) is 2.14. The lowest BCUT2D eigenvalue weighted by molar-refractivity contribution is -0.144. The molecule has 1 atom stereocenters. The molecule has 3 nitrogen and oxygen atoms in total. The summed E-state index contributed by atoms with van der Waals surface area (Å²) in [7, 11) is 1.39. The molecule has 0 aliphatic heterocycles. The molecule has 0 aromatic heterocycles. The number of nitrogens with one attached hydrogen (secondary N) is 1. The van der Waals surface area contributed by atoms with Crippen molar-refractivity contribution in [3.05, 3.63) is 27.7 Å². The van der Waals surface area contributed by atoms with E-state index in [0.29, 0.717) is 11.6 Å². The van der Waals surface area contributed by atoms with E-state index in [2.05, 4.69) is 26.0 Å². The van der Waals surface area contributed by atoms with Gasteiger partial charge in [-0.05, 0) is 34.1 Å². The van der Waals surface area contributed by atoms with E-state index in [1.807, 2.05) is 19.1 Å². The van der Waals surface area contributed by atoms with Crippen LogP contribution in [-0.4, -0.2) is 19.6 Å². The van der Waals surface area contributed by atoms with Gasteiger partial charge >= 0.3 is 5.97 Å². The average molecular weight is 307 g/mol. The van der Waals surface area contributed by atoms with Gasteiger partial charge in [-0.2, -0.15) is 0 Å². The minimum absolute atomic E-state index is 0.181. The molecule has 1 aromatic carbocycles. The van der Waals surface area contributed by atoms with E-state index in [0.717, 1.165) is 10.2 Å². The van der Waals surface area contributed by atoms with Crippen molar-refractivity contribution in [3.63, 3.8) is 0 Å². The van der Waals surface area contributed by atoms with Crippen LogP contribution in [0, 0.1) is 5.92 Å². The molecule has 1 aromatic rings. The van der Waals surface area contributed by atoms with Crippen LogP contribution in [0.25, 0.3) is 0 Å². The van der Waals surface area contributed by atoms with Crippen molar-refractivity contribution in [2.45, 2.75) is 6.92 Å². The van der Waals surface area contributed by atoms with Gasteiger partial charge in [0.15, 0.2) is 0 Å². The Morgan fingerprint density at radius 3 is 2.88 bits per heavy atom. The van der Waals surface area contributed by atoms with E-state index in [9.17, 15) is 4.79 Å². The fourth-order valence-corrected chi connectivity index (χ4v) is 1.66. The Hall–Kier alpha value is -0.740. The van der Waals surface area contributed by atoms with Crippen molar-refractivity contribution >= 4 is 39.2 Å². The van der Waals surface area contributed by atoms with Crippen molar-refractivity contribution in [1.29, 1.82) is 0 Å². The highest BCUT2D eigenvalue weighted by Crippen LogP contribution is 2.25. The zero-order chi connectivity index (χ0) is 12.1. The Kier molecular flexibility index (Phi) is 5.09. The Morgan fingerprint density at radius 2 is 2.31 bits per heavy atom. The SMILES string of the molecule is COC(=O)C(C)CNc1ccc(Cl)c(Br)c1. The Morgan fingerprint density at radius 1 is 1.62 bits per heavy atom. The maximum Gasteiger partial charge on any atom is 0.310 e. The largest absolute Gasteiger partial charge is 0.469 e. The summed E-state index contributed by atoms with van der Waals surface area (Å²) < 4.78 is 5.46. The second-order valence-corrected chi connectivity index (χ2v) is 4.70. The van der Waals surface area contributed by atoms with Crippen molar-refractivity contribution < 1.29 is 9.53 Å². The first-order chi connectivity index (χ1) is 7.54. The molecule has 0 amide bonds. The summed E-state index contributed by atoms with van der Waals surface area (Å²) in [6.07, 6.45) is 0. The Bertz CT molecular complexity index is 384. The third-order valence-corrected chi connectivity index (χ3v) is 3.35. The van der Waals surface area contributed by atoms with E-state index in [1.54, 1.807) is 6.07 Å². The number of halogens is 2. The van der Waals surface area contributed by atoms with Gasteiger partial charge in [0.2, 0.25) is 0 Å². The number of rotatable bonds is 4. The van der Waals surface area contributed by atoms with Crippen molar-refractivity contribution in [1.82, 2.24) is 0 Å². The van der Waals surface area contributed by atoms with Gasteiger partial charge in [0, 0.05) is 16.7 Å². The number of hydrogen-bond donors (Lipinski definition) is 1. The molecule has 1 rings (SSSR count). The minimum Gasteiger partial charge on any atom is -0.469 e. The second kappa shape index (κ2) is 6.11. The number of hydrogen-bond acceptors (Lipinski definition) is 3. The maximum atomic E-state index is 11.2. The summed E-state index contributed by atoms with van der Waals surface area (Å²) >= 11 is 9.20. The van der Waals surface area contributed by atoms with Gasteiger partial charge < -0.3 is 10.1 Å². The van der Waals surface area contributed by atoms with Gasteiger partial charge in [-0.25, -0.2) is 0 Å². The minimum atomic E-state index is -0.222. The quantitative estimate of drug-likeness (QED) is 0.867. The van der Waals surface area contributed by atoms with Crippen LogP contribution in [0.3, 0.4) is 0 Å². The van der Waals surface area contributed by atoms with Crippen molar-refractivity contribution in [2.75, 3.05) is 19.0 Å². The van der Waals surface area contributed by atoms with E-state index in [4.69, 9.17) is 11.6 Å². The number of esters is 1. The number of ether oxygens (including phenoxy) is 1. The molecule has 16 heavy (non-hydrogen) atoms. The molecule has 1 unspecified atom stereocenters.